The number of benzene rings is 2. The van der Waals surface area contributed by atoms with Crippen LogP contribution in [0, 0.1) is 0 Å². The Hall–Kier alpha value is -3.39. The summed E-state index contributed by atoms with van der Waals surface area (Å²) in [5.74, 6) is -0.763. The van der Waals surface area contributed by atoms with Crippen molar-refractivity contribution < 1.29 is 18.0 Å². The molecule has 1 unspecified atom stereocenters. The van der Waals surface area contributed by atoms with E-state index in [4.69, 9.17) is 0 Å². The quantitative estimate of drug-likeness (QED) is 0.623. The number of pyridine rings is 1. The van der Waals surface area contributed by atoms with Gasteiger partial charge in [-0.25, -0.2) is 0 Å². The van der Waals surface area contributed by atoms with Crippen LogP contribution < -0.4 is 10.9 Å². The summed E-state index contributed by atoms with van der Waals surface area (Å²) >= 11 is 0. The molecule has 0 aliphatic carbocycles. The van der Waals surface area contributed by atoms with Gasteiger partial charge in [0, 0.05) is 6.54 Å². The molecule has 162 valence electrons. The predicted octanol–water partition coefficient (Wildman–Crippen LogP) is 3.97. The van der Waals surface area contributed by atoms with Crippen LogP contribution in [0.25, 0.3) is 0 Å². The van der Waals surface area contributed by atoms with Crippen LogP contribution >= 0.6 is 0 Å². The standard InChI is InChI=1S/C23H22F3N3O2/c1-29(2)14-15-8-10-17(11-9-15)20(16-6-4-3-5-7-16)28-22(31)18-12-13-19(23(24,25)26)27-21(18)30/h3-13,20H,14H2,1-2H3,(H,27,30)(H,28,31). The second-order valence-corrected chi connectivity index (χ2v) is 7.41. The minimum Gasteiger partial charge on any atom is -0.341 e. The van der Waals surface area contributed by atoms with E-state index in [1.807, 2.05) is 73.6 Å². The van der Waals surface area contributed by atoms with Crippen molar-refractivity contribution in [1.29, 1.82) is 0 Å². The first kappa shape index (κ1) is 22.3. The number of nitrogens with one attached hydrogen (secondary N) is 2. The van der Waals surface area contributed by atoms with Crippen molar-refractivity contribution in [2.75, 3.05) is 14.1 Å². The average molecular weight is 429 g/mol. The monoisotopic (exact) mass is 429 g/mol. The molecule has 2 aromatic carbocycles. The number of rotatable bonds is 6. The molecule has 0 fully saturated rings. The number of nitrogens with zero attached hydrogens (tertiary/aromatic N) is 1. The molecule has 0 saturated heterocycles. The van der Waals surface area contributed by atoms with Crippen molar-refractivity contribution in [3.8, 4) is 0 Å². The van der Waals surface area contributed by atoms with Gasteiger partial charge in [-0.3, -0.25) is 9.59 Å². The van der Waals surface area contributed by atoms with Gasteiger partial charge in [0.15, 0.2) is 0 Å². The average Bonchev–Trinajstić information content (AvgIpc) is 2.72. The summed E-state index contributed by atoms with van der Waals surface area (Å²) in [6.45, 7) is 0.754. The van der Waals surface area contributed by atoms with Gasteiger partial charge >= 0.3 is 6.18 Å². The summed E-state index contributed by atoms with van der Waals surface area (Å²) in [5.41, 5.74) is -0.0419. The van der Waals surface area contributed by atoms with Crippen molar-refractivity contribution in [1.82, 2.24) is 15.2 Å². The first-order valence-electron chi connectivity index (χ1n) is 9.55. The Labute approximate surface area is 177 Å². The highest BCUT2D eigenvalue weighted by Gasteiger charge is 2.32. The summed E-state index contributed by atoms with van der Waals surface area (Å²) in [4.78, 5) is 28.6. The Balaban J connectivity index is 1.91. The second kappa shape index (κ2) is 9.18. The molecule has 1 aromatic heterocycles. The molecule has 1 heterocycles. The fourth-order valence-electron chi connectivity index (χ4n) is 3.21. The molecule has 8 heteroatoms. The van der Waals surface area contributed by atoms with Crippen LogP contribution in [0.15, 0.2) is 71.5 Å². The van der Waals surface area contributed by atoms with Gasteiger partial charge in [0.25, 0.3) is 11.5 Å². The highest BCUT2D eigenvalue weighted by Crippen LogP contribution is 2.27. The fourth-order valence-corrected chi connectivity index (χ4v) is 3.21. The Bertz CT molecular complexity index is 1090. The van der Waals surface area contributed by atoms with Crippen molar-refractivity contribution in [2.45, 2.75) is 18.8 Å². The molecule has 0 saturated carbocycles. The van der Waals surface area contributed by atoms with E-state index in [1.54, 1.807) is 4.98 Å². The van der Waals surface area contributed by atoms with Gasteiger partial charge < -0.3 is 15.2 Å². The molecule has 0 spiro atoms. The Morgan fingerprint density at radius 2 is 1.58 bits per heavy atom. The number of hydrogen-bond acceptors (Lipinski definition) is 3. The lowest BCUT2D eigenvalue weighted by molar-refractivity contribution is -0.141. The highest BCUT2D eigenvalue weighted by molar-refractivity contribution is 5.94. The highest BCUT2D eigenvalue weighted by atomic mass is 19.4. The predicted molar refractivity (Wildman–Crippen MR) is 112 cm³/mol. The van der Waals surface area contributed by atoms with Crippen molar-refractivity contribution in [3.05, 3.63) is 105 Å². The number of hydrogen-bond donors (Lipinski definition) is 2. The minimum absolute atomic E-state index is 0.391. The van der Waals surface area contributed by atoms with Gasteiger partial charge in [-0.1, -0.05) is 54.6 Å². The van der Waals surface area contributed by atoms with E-state index < -0.39 is 34.9 Å². The third kappa shape index (κ3) is 5.61. The number of halogens is 3. The molecular weight excluding hydrogens is 407 g/mol. The maximum absolute atomic E-state index is 12.8. The van der Waals surface area contributed by atoms with Gasteiger partial charge in [-0.2, -0.15) is 13.2 Å². The first-order chi connectivity index (χ1) is 14.6. The van der Waals surface area contributed by atoms with Crippen LogP contribution in [0.5, 0.6) is 0 Å². The summed E-state index contributed by atoms with van der Waals surface area (Å²) < 4.78 is 38.4. The van der Waals surface area contributed by atoms with Crippen LogP contribution in [0.4, 0.5) is 13.2 Å². The van der Waals surface area contributed by atoms with E-state index in [9.17, 15) is 22.8 Å². The Morgan fingerprint density at radius 3 is 2.13 bits per heavy atom. The lowest BCUT2D eigenvalue weighted by Crippen LogP contribution is -2.34. The molecule has 5 nitrogen and oxygen atoms in total. The van der Waals surface area contributed by atoms with E-state index in [1.165, 1.54) is 0 Å². The SMILES string of the molecule is CN(C)Cc1ccc(C(NC(=O)c2ccc(C(F)(F)F)[nH]c2=O)c2ccccc2)cc1. The van der Waals surface area contributed by atoms with Crippen LogP contribution in [0.1, 0.15) is 38.8 Å². The number of carbonyl (C=O) groups excluding carboxylic acids is 1. The third-order valence-electron chi connectivity index (χ3n) is 4.68. The molecule has 1 amide bonds. The van der Waals surface area contributed by atoms with Crippen LogP contribution in [0.2, 0.25) is 0 Å². The zero-order chi connectivity index (χ0) is 22.6. The normalized spacial score (nSPS) is 12.6. The number of carbonyl (C=O) groups is 1. The third-order valence-corrected chi connectivity index (χ3v) is 4.68. The van der Waals surface area contributed by atoms with E-state index in [0.29, 0.717) is 6.07 Å². The van der Waals surface area contributed by atoms with Gasteiger partial charge in [-0.05, 0) is 42.9 Å². The topological polar surface area (TPSA) is 65.2 Å². The molecule has 1 atom stereocenters. The van der Waals surface area contributed by atoms with E-state index in [0.717, 1.165) is 29.3 Å². The summed E-state index contributed by atoms with van der Waals surface area (Å²) in [5, 5.41) is 2.77. The lowest BCUT2D eigenvalue weighted by atomic mass is 9.97. The van der Waals surface area contributed by atoms with Gasteiger partial charge in [0.05, 0.1) is 6.04 Å². The number of aromatic nitrogens is 1. The van der Waals surface area contributed by atoms with Crippen molar-refractivity contribution in [2.24, 2.45) is 0 Å². The van der Waals surface area contributed by atoms with E-state index >= 15 is 0 Å². The molecule has 3 rings (SSSR count). The van der Waals surface area contributed by atoms with Crippen molar-refractivity contribution in [3.63, 3.8) is 0 Å². The summed E-state index contributed by atoms with van der Waals surface area (Å²) in [7, 11) is 3.92. The number of aromatic amines is 1. The van der Waals surface area contributed by atoms with Crippen LogP contribution in [-0.4, -0.2) is 29.9 Å². The van der Waals surface area contributed by atoms with Crippen molar-refractivity contribution >= 4 is 5.91 Å². The zero-order valence-electron chi connectivity index (χ0n) is 17.0. The number of alkyl halides is 3. The first-order valence-corrected chi connectivity index (χ1v) is 9.55. The molecule has 3 aromatic rings. The zero-order valence-corrected chi connectivity index (χ0v) is 17.0. The molecule has 0 aliphatic heterocycles. The minimum atomic E-state index is -4.70. The summed E-state index contributed by atoms with van der Waals surface area (Å²) in [6, 6.07) is 17.8. The van der Waals surface area contributed by atoms with E-state index in [-0.39, 0.29) is 0 Å². The summed E-state index contributed by atoms with van der Waals surface area (Å²) in [6.07, 6.45) is -4.70. The van der Waals surface area contributed by atoms with E-state index in [2.05, 4.69) is 5.32 Å². The smallest absolute Gasteiger partial charge is 0.341 e. The van der Waals surface area contributed by atoms with Gasteiger partial charge in [0.1, 0.15) is 11.3 Å². The fraction of sp³-hybridized carbons (Fsp3) is 0.217. The van der Waals surface area contributed by atoms with Gasteiger partial charge in [-0.15, -0.1) is 0 Å². The molecule has 2 N–H and O–H groups in total. The number of amides is 1. The molecule has 31 heavy (non-hydrogen) atoms. The maximum atomic E-state index is 12.8. The molecule has 0 bridgehead atoms. The Morgan fingerprint density at radius 1 is 0.968 bits per heavy atom. The Kier molecular flexibility index (Phi) is 6.60. The lowest BCUT2D eigenvalue weighted by Gasteiger charge is -2.20. The van der Waals surface area contributed by atoms with Crippen LogP contribution in [0.3, 0.4) is 0 Å². The second-order valence-electron chi connectivity index (χ2n) is 7.41. The molecule has 0 radical (unpaired) electrons. The van der Waals surface area contributed by atoms with Crippen LogP contribution in [-0.2, 0) is 12.7 Å². The molecule has 0 aliphatic rings. The number of H-pyrrole nitrogens is 1. The molecular formula is C23H22F3N3O2. The maximum Gasteiger partial charge on any atom is 0.431 e. The largest absolute Gasteiger partial charge is 0.431 e. The van der Waals surface area contributed by atoms with Gasteiger partial charge in [0.2, 0.25) is 0 Å².